The summed E-state index contributed by atoms with van der Waals surface area (Å²) in [5.74, 6) is 1.79. The molecule has 0 atom stereocenters. The maximum atomic E-state index is 4.75. The SMILES string of the molecule is CNc1nc(N2CCNCC2)nc2sc(C)c(C)c12. The number of nitrogens with one attached hydrogen (secondary N) is 2. The van der Waals surface area contributed by atoms with Crippen molar-refractivity contribution in [3.63, 3.8) is 0 Å². The van der Waals surface area contributed by atoms with Crippen LogP contribution in [0.2, 0.25) is 0 Å². The van der Waals surface area contributed by atoms with Crippen molar-refractivity contribution in [3.05, 3.63) is 10.4 Å². The van der Waals surface area contributed by atoms with Gasteiger partial charge in [0.1, 0.15) is 10.6 Å². The Morgan fingerprint density at radius 2 is 1.95 bits per heavy atom. The molecule has 1 fully saturated rings. The van der Waals surface area contributed by atoms with Crippen LogP contribution < -0.4 is 15.5 Å². The number of nitrogens with zero attached hydrogens (tertiary/aromatic N) is 3. The summed E-state index contributed by atoms with van der Waals surface area (Å²) in [6.07, 6.45) is 0. The monoisotopic (exact) mass is 277 g/mol. The lowest BCUT2D eigenvalue weighted by molar-refractivity contribution is 0.581. The van der Waals surface area contributed by atoms with E-state index in [1.165, 1.54) is 15.8 Å². The second-order valence-electron chi connectivity index (χ2n) is 4.82. The van der Waals surface area contributed by atoms with E-state index in [1.807, 2.05) is 7.05 Å². The first kappa shape index (κ1) is 12.6. The molecule has 2 aromatic rings. The molecule has 102 valence electrons. The van der Waals surface area contributed by atoms with Crippen LogP contribution in [-0.2, 0) is 0 Å². The first-order chi connectivity index (χ1) is 9.20. The van der Waals surface area contributed by atoms with Crippen molar-refractivity contribution >= 4 is 33.3 Å². The highest BCUT2D eigenvalue weighted by atomic mass is 32.1. The fourth-order valence-electron chi connectivity index (χ4n) is 2.43. The van der Waals surface area contributed by atoms with Crippen molar-refractivity contribution in [2.24, 2.45) is 0 Å². The third-order valence-electron chi connectivity index (χ3n) is 3.65. The Bertz CT molecular complexity index is 601. The molecule has 2 aromatic heterocycles. The minimum Gasteiger partial charge on any atom is -0.372 e. The zero-order chi connectivity index (χ0) is 13.4. The minimum absolute atomic E-state index is 0.847. The molecule has 3 heterocycles. The van der Waals surface area contributed by atoms with Gasteiger partial charge in [-0.2, -0.15) is 4.98 Å². The average molecular weight is 277 g/mol. The molecule has 0 bridgehead atoms. The topological polar surface area (TPSA) is 53.1 Å². The first-order valence-corrected chi connectivity index (χ1v) is 7.43. The van der Waals surface area contributed by atoms with Crippen molar-refractivity contribution < 1.29 is 0 Å². The van der Waals surface area contributed by atoms with Gasteiger partial charge in [0.15, 0.2) is 0 Å². The third-order valence-corrected chi connectivity index (χ3v) is 4.75. The van der Waals surface area contributed by atoms with Gasteiger partial charge in [-0.15, -0.1) is 11.3 Å². The van der Waals surface area contributed by atoms with Crippen LogP contribution in [-0.4, -0.2) is 43.2 Å². The van der Waals surface area contributed by atoms with Crippen molar-refractivity contribution in [1.29, 1.82) is 0 Å². The molecule has 6 heteroatoms. The van der Waals surface area contributed by atoms with Gasteiger partial charge in [0, 0.05) is 38.1 Å². The van der Waals surface area contributed by atoms with Crippen molar-refractivity contribution in [2.45, 2.75) is 13.8 Å². The van der Waals surface area contributed by atoms with Gasteiger partial charge in [0.2, 0.25) is 5.95 Å². The number of aromatic nitrogens is 2. The van der Waals surface area contributed by atoms with Crippen LogP contribution in [0, 0.1) is 13.8 Å². The average Bonchev–Trinajstić information content (AvgIpc) is 2.74. The van der Waals surface area contributed by atoms with Gasteiger partial charge >= 0.3 is 0 Å². The molecule has 0 radical (unpaired) electrons. The van der Waals surface area contributed by atoms with Crippen LogP contribution >= 0.6 is 11.3 Å². The number of thiophene rings is 1. The van der Waals surface area contributed by atoms with E-state index in [-0.39, 0.29) is 0 Å². The van der Waals surface area contributed by atoms with E-state index >= 15 is 0 Å². The van der Waals surface area contributed by atoms with Gasteiger partial charge in [0.25, 0.3) is 0 Å². The molecule has 0 aromatic carbocycles. The zero-order valence-electron chi connectivity index (χ0n) is 11.6. The first-order valence-electron chi connectivity index (χ1n) is 6.62. The van der Waals surface area contributed by atoms with Crippen LogP contribution in [0.3, 0.4) is 0 Å². The minimum atomic E-state index is 0.847. The number of fused-ring (bicyclic) bond motifs is 1. The van der Waals surface area contributed by atoms with Gasteiger partial charge in [-0.05, 0) is 19.4 Å². The predicted octanol–water partition coefficient (Wildman–Crippen LogP) is 1.76. The Balaban J connectivity index is 2.11. The van der Waals surface area contributed by atoms with Gasteiger partial charge < -0.3 is 15.5 Å². The lowest BCUT2D eigenvalue weighted by Gasteiger charge is -2.27. The zero-order valence-corrected chi connectivity index (χ0v) is 12.4. The van der Waals surface area contributed by atoms with Crippen LogP contribution in [0.25, 0.3) is 10.2 Å². The predicted molar refractivity (Wildman–Crippen MR) is 81.5 cm³/mol. The number of piperazine rings is 1. The van der Waals surface area contributed by atoms with E-state index in [1.54, 1.807) is 11.3 Å². The summed E-state index contributed by atoms with van der Waals surface area (Å²) in [5, 5.41) is 7.74. The largest absolute Gasteiger partial charge is 0.372 e. The molecule has 0 saturated carbocycles. The molecular formula is C13H19N5S. The summed E-state index contributed by atoms with van der Waals surface area (Å²) in [4.78, 5) is 14.1. The summed E-state index contributed by atoms with van der Waals surface area (Å²) in [6.45, 7) is 8.22. The molecule has 0 spiro atoms. The van der Waals surface area contributed by atoms with E-state index in [9.17, 15) is 0 Å². The number of anilines is 2. The molecule has 0 unspecified atom stereocenters. The summed E-state index contributed by atoms with van der Waals surface area (Å²) in [6, 6.07) is 0. The van der Waals surface area contributed by atoms with Gasteiger partial charge in [-0.1, -0.05) is 0 Å². The summed E-state index contributed by atoms with van der Waals surface area (Å²) < 4.78 is 0. The molecule has 1 saturated heterocycles. The van der Waals surface area contributed by atoms with E-state index in [2.05, 4.69) is 29.4 Å². The van der Waals surface area contributed by atoms with E-state index in [4.69, 9.17) is 9.97 Å². The van der Waals surface area contributed by atoms with Crippen molar-refractivity contribution in [3.8, 4) is 0 Å². The molecule has 19 heavy (non-hydrogen) atoms. The third kappa shape index (κ3) is 2.15. The molecule has 1 aliphatic heterocycles. The molecule has 2 N–H and O–H groups in total. The van der Waals surface area contributed by atoms with Gasteiger partial charge in [0.05, 0.1) is 5.39 Å². The molecule has 5 nitrogen and oxygen atoms in total. The summed E-state index contributed by atoms with van der Waals surface area (Å²) in [7, 11) is 1.93. The summed E-state index contributed by atoms with van der Waals surface area (Å²) in [5.41, 5.74) is 1.29. The smallest absolute Gasteiger partial charge is 0.228 e. The molecule has 1 aliphatic rings. The Hall–Kier alpha value is -1.40. The molecule has 3 rings (SSSR count). The van der Waals surface area contributed by atoms with Crippen molar-refractivity contribution in [1.82, 2.24) is 15.3 Å². The Morgan fingerprint density at radius 3 is 2.63 bits per heavy atom. The molecule has 0 aliphatic carbocycles. The highest BCUT2D eigenvalue weighted by Gasteiger charge is 2.18. The normalized spacial score (nSPS) is 16.1. The number of hydrogen-bond donors (Lipinski definition) is 2. The van der Waals surface area contributed by atoms with Crippen LogP contribution in [0.1, 0.15) is 10.4 Å². The number of aryl methyl sites for hydroxylation is 2. The van der Waals surface area contributed by atoms with Crippen LogP contribution in [0.15, 0.2) is 0 Å². The second-order valence-corrected chi connectivity index (χ2v) is 6.03. The molecular weight excluding hydrogens is 258 g/mol. The highest BCUT2D eigenvalue weighted by molar-refractivity contribution is 7.18. The number of rotatable bonds is 2. The van der Waals surface area contributed by atoms with Gasteiger partial charge in [-0.25, -0.2) is 4.98 Å². The lowest BCUT2D eigenvalue weighted by Crippen LogP contribution is -2.44. The van der Waals surface area contributed by atoms with Crippen LogP contribution in [0.5, 0.6) is 0 Å². The fraction of sp³-hybridized carbons (Fsp3) is 0.538. The van der Waals surface area contributed by atoms with Crippen LogP contribution in [0.4, 0.5) is 11.8 Å². The summed E-state index contributed by atoms with van der Waals surface area (Å²) >= 11 is 1.75. The molecule has 0 amide bonds. The maximum absolute atomic E-state index is 4.75. The Kier molecular flexibility index (Phi) is 3.28. The van der Waals surface area contributed by atoms with Crippen molar-refractivity contribution in [2.75, 3.05) is 43.4 Å². The Labute approximate surface area is 117 Å². The lowest BCUT2D eigenvalue weighted by atomic mass is 10.2. The van der Waals surface area contributed by atoms with E-state index in [0.717, 1.165) is 42.8 Å². The van der Waals surface area contributed by atoms with Gasteiger partial charge in [-0.3, -0.25) is 0 Å². The number of hydrogen-bond acceptors (Lipinski definition) is 6. The standard InChI is InChI=1S/C13H19N5S/c1-8-9(2)19-12-10(8)11(14-3)16-13(17-12)18-6-4-15-5-7-18/h15H,4-7H2,1-3H3,(H,14,16,17). The second kappa shape index (κ2) is 4.94. The fourth-order valence-corrected chi connectivity index (χ4v) is 3.45. The quantitative estimate of drug-likeness (QED) is 0.876. The van der Waals surface area contributed by atoms with E-state index < -0.39 is 0 Å². The Morgan fingerprint density at radius 1 is 1.21 bits per heavy atom. The maximum Gasteiger partial charge on any atom is 0.228 e. The van der Waals surface area contributed by atoms with E-state index in [0.29, 0.717) is 0 Å². The highest BCUT2D eigenvalue weighted by Crippen LogP contribution is 2.34.